The highest BCUT2D eigenvalue weighted by atomic mass is 32.2. The number of anilines is 1. The van der Waals surface area contributed by atoms with Crippen LogP contribution in [0.1, 0.15) is 18.1 Å². The first-order valence-corrected chi connectivity index (χ1v) is 8.43. The summed E-state index contributed by atoms with van der Waals surface area (Å²) in [5.74, 6) is -0.488. The van der Waals surface area contributed by atoms with Gasteiger partial charge in [-0.2, -0.15) is 0 Å². The average molecular weight is 344 g/mol. The van der Waals surface area contributed by atoms with Crippen molar-refractivity contribution in [2.45, 2.75) is 31.2 Å². The van der Waals surface area contributed by atoms with Gasteiger partial charge in [0.15, 0.2) is 5.16 Å². The molecule has 1 aromatic carbocycles. The van der Waals surface area contributed by atoms with Crippen LogP contribution in [0.5, 0.6) is 0 Å². The molecule has 2 aromatic rings. The molecule has 0 spiro atoms. The van der Waals surface area contributed by atoms with E-state index in [0.29, 0.717) is 5.16 Å². The van der Waals surface area contributed by atoms with E-state index in [1.807, 2.05) is 32.0 Å². The van der Waals surface area contributed by atoms with Crippen LogP contribution in [0, 0.1) is 13.8 Å². The van der Waals surface area contributed by atoms with Gasteiger partial charge in [0.25, 0.3) is 0 Å². The molecule has 7 heteroatoms. The van der Waals surface area contributed by atoms with Crippen molar-refractivity contribution in [1.82, 2.24) is 15.3 Å². The van der Waals surface area contributed by atoms with Crippen molar-refractivity contribution in [2.75, 3.05) is 11.9 Å². The summed E-state index contributed by atoms with van der Waals surface area (Å²) in [6.07, 6.45) is 3.25. The molecule has 0 aliphatic carbocycles. The highest BCUT2D eigenvalue weighted by Gasteiger charge is 2.16. The largest absolute Gasteiger partial charge is 0.346 e. The minimum atomic E-state index is -0.389. The molecule has 0 bridgehead atoms. The maximum Gasteiger partial charge on any atom is 0.243 e. The normalized spacial score (nSPS) is 11.6. The highest BCUT2D eigenvalue weighted by molar-refractivity contribution is 8.00. The van der Waals surface area contributed by atoms with Crippen LogP contribution >= 0.6 is 11.8 Å². The van der Waals surface area contributed by atoms with Gasteiger partial charge in [0, 0.05) is 18.1 Å². The molecule has 0 unspecified atom stereocenters. The molecule has 0 fully saturated rings. The van der Waals surface area contributed by atoms with Gasteiger partial charge in [-0.05, 0) is 38.0 Å². The summed E-state index contributed by atoms with van der Waals surface area (Å²) in [6, 6.07) is 7.51. The maximum atomic E-state index is 12.1. The standard InChI is InChI=1S/C17H20N4O2S/c1-11-6-4-7-12(2)15(11)21-14(22)10-20-16(23)13(3)24-17-18-8-5-9-19-17/h4-9,13H,10H2,1-3H3,(H,20,23)(H,21,22)/t13-/m0/s1. The predicted octanol–water partition coefficient (Wildman–Crippen LogP) is 2.33. The molecular formula is C17H20N4O2S. The summed E-state index contributed by atoms with van der Waals surface area (Å²) in [7, 11) is 0. The lowest BCUT2D eigenvalue weighted by molar-refractivity contribution is -0.123. The fourth-order valence-electron chi connectivity index (χ4n) is 2.06. The number of nitrogens with zero attached hydrogens (tertiary/aromatic N) is 2. The number of thioether (sulfide) groups is 1. The zero-order valence-corrected chi connectivity index (χ0v) is 14.7. The summed E-state index contributed by atoms with van der Waals surface area (Å²) in [6.45, 7) is 5.53. The molecule has 6 nitrogen and oxygen atoms in total. The number of benzene rings is 1. The van der Waals surface area contributed by atoms with Crippen molar-refractivity contribution >= 4 is 29.3 Å². The number of aromatic nitrogens is 2. The third-order valence-electron chi connectivity index (χ3n) is 3.36. The van der Waals surface area contributed by atoms with Gasteiger partial charge in [-0.25, -0.2) is 9.97 Å². The number of carbonyl (C=O) groups is 2. The Kier molecular flexibility index (Phi) is 6.31. The van der Waals surface area contributed by atoms with Crippen LogP contribution in [0.2, 0.25) is 0 Å². The molecule has 0 aliphatic heterocycles. The molecule has 126 valence electrons. The molecule has 1 heterocycles. The minimum absolute atomic E-state index is 0.0762. The molecule has 1 aromatic heterocycles. The van der Waals surface area contributed by atoms with E-state index in [9.17, 15) is 9.59 Å². The Morgan fingerprint density at radius 1 is 1.12 bits per heavy atom. The average Bonchev–Trinajstić information content (AvgIpc) is 2.57. The molecule has 0 saturated carbocycles. The summed E-state index contributed by atoms with van der Waals surface area (Å²) >= 11 is 1.25. The molecular weight excluding hydrogens is 324 g/mol. The van der Waals surface area contributed by atoms with Crippen LogP contribution in [-0.2, 0) is 9.59 Å². The van der Waals surface area contributed by atoms with Gasteiger partial charge in [0.2, 0.25) is 11.8 Å². The summed E-state index contributed by atoms with van der Waals surface area (Å²) in [5, 5.41) is 5.61. The highest BCUT2D eigenvalue weighted by Crippen LogP contribution is 2.19. The zero-order chi connectivity index (χ0) is 17.5. The Hall–Kier alpha value is -2.41. The third-order valence-corrected chi connectivity index (χ3v) is 4.35. The van der Waals surface area contributed by atoms with E-state index < -0.39 is 0 Å². The second-order valence-corrected chi connectivity index (χ2v) is 6.63. The first-order valence-electron chi connectivity index (χ1n) is 7.55. The number of hydrogen-bond acceptors (Lipinski definition) is 5. The smallest absolute Gasteiger partial charge is 0.243 e. The molecule has 2 amide bonds. The Bertz CT molecular complexity index is 702. The molecule has 0 saturated heterocycles. The van der Waals surface area contributed by atoms with Gasteiger partial charge in [-0.1, -0.05) is 30.0 Å². The molecule has 24 heavy (non-hydrogen) atoms. The van der Waals surface area contributed by atoms with Crippen molar-refractivity contribution in [3.05, 3.63) is 47.8 Å². The molecule has 1 atom stereocenters. The number of rotatable bonds is 6. The Morgan fingerprint density at radius 3 is 2.38 bits per heavy atom. The van der Waals surface area contributed by atoms with Crippen molar-refractivity contribution < 1.29 is 9.59 Å². The monoisotopic (exact) mass is 344 g/mol. The minimum Gasteiger partial charge on any atom is -0.346 e. The topological polar surface area (TPSA) is 84.0 Å². The van der Waals surface area contributed by atoms with Crippen molar-refractivity contribution in [2.24, 2.45) is 0 Å². The number of amides is 2. The van der Waals surface area contributed by atoms with Gasteiger partial charge in [0.05, 0.1) is 11.8 Å². The second-order valence-electron chi connectivity index (χ2n) is 5.32. The summed E-state index contributed by atoms with van der Waals surface area (Å²) in [5.41, 5.74) is 2.76. The molecule has 0 aliphatic rings. The summed E-state index contributed by atoms with van der Waals surface area (Å²) in [4.78, 5) is 32.2. The van der Waals surface area contributed by atoms with Gasteiger partial charge in [-0.3, -0.25) is 9.59 Å². The van der Waals surface area contributed by atoms with Gasteiger partial charge < -0.3 is 10.6 Å². The van der Waals surface area contributed by atoms with E-state index in [1.54, 1.807) is 25.4 Å². The molecule has 0 radical (unpaired) electrons. The second kappa shape index (κ2) is 8.44. The summed E-state index contributed by atoms with van der Waals surface area (Å²) < 4.78 is 0. The number of nitrogens with one attached hydrogen (secondary N) is 2. The van der Waals surface area contributed by atoms with Crippen LogP contribution in [0.15, 0.2) is 41.8 Å². The van der Waals surface area contributed by atoms with Crippen LogP contribution in [0.3, 0.4) is 0 Å². The van der Waals surface area contributed by atoms with Crippen LogP contribution < -0.4 is 10.6 Å². The Balaban J connectivity index is 1.84. The molecule has 2 rings (SSSR count). The molecule has 2 N–H and O–H groups in total. The van der Waals surface area contributed by atoms with Crippen LogP contribution in [0.25, 0.3) is 0 Å². The fourth-order valence-corrected chi connectivity index (χ4v) is 2.81. The Labute approximate surface area is 145 Å². The first-order chi connectivity index (χ1) is 11.5. The third kappa shape index (κ3) is 5.06. The lowest BCUT2D eigenvalue weighted by Gasteiger charge is -2.13. The number of aryl methyl sites for hydroxylation is 2. The SMILES string of the molecule is Cc1cccc(C)c1NC(=O)CNC(=O)[C@H](C)Sc1ncccn1. The van der Waals surface area contributed by atoms with E-state index in [0.717, 1.165) is 16.8 Å². The Morgan fingerprint density at radius 2 is 1.75 bits per heavy atom. The van der Waals surface area contributed by atoms with Gasteiger partial charge in [-0.15, -0.1) is 0 Å². The maximum absolute atomic E-state index is 12.1. The van der Waals surface area contributed by atoms with Crippen LogP contribution in [0.4, 0.5) is 5.69 Å². The number of hydrogen-bond donors (Lipinski definition) is 2. The lowest BCUT2D eigenvalue weighted by atomic mass is 10.1. The van der Waals surface area contributed by atoms with E-state index in [1.165, 1.54) is 11.8 Å². The number of carbonyl (C=O) groups excluding carboxylic acids is 2. The fraction of sp³-hybridized carbons (Fsp3) is 0.294. The van der Waals surface area contributed by atoms with Gasteiger partial charge >= 0.3 is 0 Å². The van der Waals surface area contributed by atoms with Crippen LogP contribution in [-0.4, -0.2) is 33.6 Å². The van der Waals surface area contributed by atoms with Gasteiger partial charge in [0.1, 0.15) is 0 Å². The zero-order valence-electron chi connectivity index (χ0n) is 13.9. The van der Waals surface area contributed by atoms with Crippen molar-refractivity contribution in [3.63, 3.8) is 0 Å². The van der Waals surface area contributed by atoms with E-state index in [4.69, 9.17) is 0 Å². The quantitative estimate of drug-likeness (QED) is 0.621. The van der Waals surface area contributed by atoms with E-state index in [2.05, 4.69) is 20.6 Å². The van der Waals surface area contributed by atoms with E-state index in [-0.39, 0.29) is 23.6 Å². The van der Waals surface area contributed by atoms with Crippen molar-refractivity contribution in [3.8, 4) is 0 Å². The lowest BCUT2D eigenvalue weighted by Crippen LogP contribution is -2.37. The van der Waals surface area contributed by atoms with E-state index >= 15 is 0 Å². The van der Waals surface area contributed by atoms with Crippen molar-refractivity contribution in [1.29, 1.82) is 0 Å². The predicted molar refractivity (Wildman–Crippen MR) is 94.9 cm³/mol. The number of para-hydroxylation sites is 1. The first kappa shape index (κ1) is 17.9.